The number of carbonyl (C=O) groups excluding carboxylic acids is 1. The van der Waals surface area contributed by atoms with Crippen molar-refractivity contribution >= 4 is 5.78 Å². The van der Waals surface area contributed by atoms with Gasteiger partial charge in [-0.15, -0.1) is 0 Å². The fourth-order valence-corrected chi connectivity index (χ4v) is 1.21. The van der Waals surface area contributed by atoms with Crippen LogP contribution in [0.3, 0.4) is 0 Å². The molecule has 0 aliphatic heterocycles. The van der Waals surface area contributed by atoms with E-state index in [0.29, 0.717) is 6.42 Å². The monoisotopic (exact) mass is 189 g/mol. The van der Waals surface area contributed by atoms with Crippen molar-refractivity contribution in [2.24, 2.45) is 0 Å². The van der Waals surface area contributed by atoms with Gasteiger partial charge in [-0.1, -0.05) is 5.57 Å². The summed E-state index contributed by atoms with van der Waals surface area (Å²) in [6.45, 7) is 3.87. The summed E-state index contributed by atoms with van der Waals surface area (Å²) in [5.41, 5.74) is 2.22. The second-order valence-corrected chi connectivity index (χ2v) is 3.54. The number of pyridine rings is 1. The zero-order valence-corrected chi connectivity index (χ0v) is 8.66. The maximum Gasteiger partial charge on any atom is 0.155 e. The molecule has 0 saturated heterocycles. The number of carbonyl (C=O) groups is 1. The molecule has 14 heavy (non-hydrogen) atoms. The lowest BCUT2D eigenvalue weighted by atomic mass is 10.1. The molecule has 0 saturated carbocycles. The van der Waals surface area contributed by atoms with Gasteiger partial charge in [-0.2, -0.15) is 0 Å². The number of nitrogens with zero attached hydrogens (tertiary/aromatic N) is 1. The number of hydrogen-bond acceptors (Lipinski definition) is 2. The van der Waals surface area contributed by atoms with Gasteiger partial charge in [0.15, 0.2) is 5.78 Å². The summed E-state index contributed by atoms with van der Waals surface area (Å²) in [5.74, 6) is 0.196. The summed E-state index contributed by atoms with van der Waals surface area (Å²) < 4.78 is 0. The summed E-state index contributed by atoms with van der Waals surface area (Å²) in [6.07, 6.45) is 6.57. The van der Waals surface area contributed by atoms with E-state index in [0.717, 1.165) is 17.6 Å². The second kappa shape index (κ2) is 5.32. The van der Waals surface area contributed by atoms with E-state index in [2.05, 4.69) is 4.98 Å². The molecule has 0 N–H and O–H groups in total. The topological polar surface area (TPSA) is 30.0 Å². The van der Waals surface area contributed by atoms with Crippen LogP contribution in [0.2, 0.25) is 0 Å². The van der Waals surface area contributed by atoms with Crippen LogP contribution in [0.1, 0.15) is 25.8 Å². The van der Waals surface area contributed by atoms with Gasteiger partial charge in [-0.3, -0.25) is 9.78 Å². The van der Waals surface area contributed by atoms with Crippen LogP contribution in [0.25, 0.3) is 0 Å². The standard InChI is InChI=1S/C12H15NO/c1-10(2)9-12(14)4-3-11-5-7-13-8-6-11/h5-9H,3-4H2,1-2H3. The maximum absolute atomic E-state index is 11.3. The summed E-state index contributed by atoms with van der Waals surface area (Å²) in [6, 6.07) is 3.88. The predicted octanol–water partition coefficient (Wildman–Crippen LogP) is 2.55. The predicted molar refractivity (Wildman–Crippen MR) is 57.0 cm³/mol. The number of aromatic nitrogens is 1. The first kappa shape index (κ1) is 10.6. The lowest BCUT2D eigenvalue weighted by molar-refractivity contribution is -0.114. The zero-order valence-electron chi connectivity index (χ0n) is 8.66. The number of rotatable bonds is 4. The Morgan fingerprint density at radius 1 is 1.36 bits per heavy atom. The highest BCUT2D eigenvalue weighted by Crippen LogP contribution is 2.02. The molecule has 0 aliphatic rings. The molecule has 1 aromatic rings. The Kier molecular flexibility index (Phi) is 4.05. The smallest absolute Gasteiger partial charge is 0.155 e. The minimum atomic E-state index is 0.196. The van der Waals surface area contributed by atoms with Crippen molar-refractivity contribution in [3.8, 4) is 0 Å². The highest BCUT2D eigenvalue weighted by molar-refractivity contribution is 5.90. The fraction of sp³-hybridized carbons (Fsp3) is 0.333. The van der Waals surface area contributed by atoms with Crippen molar-refractivity contribution in [2.75, 3.05) is 0 Å². The SMILES string of the molecule is CC(C)=CC(=O)CCc1ccncc1. The van der Waals surface area contributed by atoms with Crippen molar-refractivity contribution < 1.29 is 4.79 Å². The van der Waals surface area contributed by atoms with Gasteiger partial charge in [0.2, 0.25) is 0 Å². The summed E-state index contributed by atoms with van der Waals surface area (Å²) >= 11 is 0. The van der Waals surface area contributed by atoms with Gasteiger partial charge in [0.25, 0.3) is 0 Å². The number of ketones is 1. The minimum Gasteiger partial charge on any atom is -0.295 e. The van der Waals surface area contributed by atoms with E-state index in [9.17, 15) is 4.79 Å². The van der Waals surface area contributed by atoms with Crippen LogP contribution in [-0.2, 0) is 11.2 Å². The Bertz CT molecular complexity index is 323. The van der Waals surface area contributed by atoms with Crippen molar-refractivity contribution in [3.05, 3.63) is 41.7 Å². The Balaban J connectivity index is 2.42. The average molecular weight is 189 g/mol. The van der Waals surface area contributed by atoms with E-state index in [1.54, 1.807) is 18.5 Å². The van der Waals surface area contributed by atoms with Crippen LogP contribution >= 0.6 is 0 Å². The fourth-order valence-electron chi connectivity index (χ4n) is 1.21. The second-order valence-electron chi connectivity index (χ2n) is 3.54. The summed E-state index contributed by atoms with van der Waals surface area (Å²) in [7, 11) is 0. The Morgan fingerprint density at radius 3 is 2.57 bits per heavy atom. The van der Waals surface area contributed by atoms with Gasteiger partial charge in [-0.25, -0.2) is 0 Å². The molecule has 0 spiro atoms. The quantitative estimate of drug-likeness (QED) is 0.681. The molecule has 2 heteroatoms. The Hall–Kier alpha value is -1.44. The molecule has 0 radical (unpaired) electrons. The van der Waals surface area contributed by atoms with Crippen LogP contribution < -0.4 is 0 Å². The molecule has 1 heterocycles. The minimum absolute atomic E-state index is 0.196. The van der Waals surface area contributed by atoms with Crippen LogP contribution in [-0.4, -0.2) is 10.8 Å². The normalized spacial score (nSPS) is 9.57. The Morgan fingerprint density at radius 2 is 2.00 bits per heavy atom. The third kappa shape index (κ3) is 3.99. The van der Waals surface area contributed by atoms with Gasteiger partial charge in [0, 0.05) is 18.8 Å². The van der Waals surface area contributed by atoms with Crippen LogP contribution in [0.5, 0.6) is 0 Å². The van der Waals surface area contributed by atoms with E-state index in [1.165, 1.54) is 0 Å². The maximum atomic E-state index is 11.3. The number of hydrogen-bond donors (Lipinski definition) is 0. The van der Waals surface area contributed by atoms with Crippen molar-refractivity contribution in [1.82, 2.24) is 4.98 Å². The number of allylic oxidation sites excluding steroid dienone is 2. The van der Waals surface area contributed by atoms with E-state index in [4.69, 9.17) is 0 Å². The van der Waals surface area contributed by atoms with Crippen LogP contribution in [0.4, 0.5) is 0 Å². The molecule has 2 nitrogen and oxygen atoms in total. The molecule has 1 rings (SSSR count). The Labute approximate surface area is 84.7 Å². The van der Waals surface area contributed by atoms with E-state index in [1.807, 2.05) is 26.0 Å². The molecule has 1 aromatic heterocycles. The molecule has 0 unspecified atom stereocenters. The van der Waals surface area contributed by atoms with Gasteiger partial charge in [0.1, 0.15) is 0 Å². The summed E-state index contributed by atoms with van der Waals surface area (Å²) in [5, 5.41) is 0. The first-order chi connectivity index (χ1) is 6.68. The first-order valence-electron chi connectivity index (χ1n) is 4.75. The van der Waals surface area contributed by atoms with E-state index < -0.39 is 0 Å². The molecule has 0 aliphatic carbocycles. The molecular formula is C12H15NO. The molecule has 74 valence electrons. The molecule has 0 bridgehead atoms. The first-order valence-corrected chi connectivity index (χ1v) is 4.75. The summed E-state index contributed by atoms with van der Waals surface area (Å²) in [4.78, 5) is 15.3. The van der Waals surface area contributed by atoms with Gasteiger partial charge in [-0.05, 0) is 44.0 Å². The van der Waals surface area contributed by atoms with Gasteiger partial charge in [0.05, 0.1) is 0 Å². The zero-order chi connectivity index (χ0) is 10.4. The third-order valence-corrected chi connectivity index (χ3v) is 1.86. The highest BCUT2D eigenvalue weighted by atomic mass is 16.1. The number of aryl methyl sites for hydroxylation is 1. The lowest BCUT2D eigenvalue weighted by Crippen LogP contribution is -1.96. The average Bonchev–Trinajstić information content (AvgIpc) is 2.15. The molecule has 0 amide bonds. The van der Waals surface area contributed by atoms with Crippen LogP contribution in [0, 0.1) is 0 Å². The van der Waals surface area contributed by atoms with Crippen molar-refractivity contribution in [3.63, 3.8) is 0 Å². The lowest BCUT2D eigenvalue weighted by Gasteiger charge is -1.97. The highest BCUT2D eigenvalue weighted by Gasteiger charge is 1.98. The molecular weight excluding hydrogens is 174 g/mol. The van der Waals surface area contributed by atoms with Crippen molar-refractivity contribution in [2.45, 2.75) is 26.7 Å². The third-order valence-electron chi connectivity index (χ3n) is 1.86. The van der Waals surface area contributed by atoms with Crippen molar-refractivity contribution in [1.29, 1.82) is 0 Å². The van der Waals surface area contributed by atoms with E-state index >= 15 is 0 Å². The molecule has 0 atom stereocenters. The van der Waals surface area contributed by atoms with Crippen LogP contribution in [0.15, 0.2) is 36.2 Å². The molecule has 0 fully saturated rings. The molecule has 0 aromatic carbocycles. The largest absolute Gasteiger partial charge is 0.295 e. The van der Waals surface area contributed by atoms with Gasteiger partial charge < -0.3 is 0 Å². The van der Waals surface area contributed by atoms with Gasteiger partial charge >= 0.3 is 0 Å². The van der Waals surface area contributed by atoms with E-state index in [-0.39, 0.29) is 5.78 Å².